The molecule has 0 aliphatic carbocycles. The number of methoxy groups -OCH3 is 1. The van der Waals surface area contributed by atoms with E-state index in [1.807, 2.05) is 31.2 Å². The number of ether oxygens (including phenoxy) is 1. The number of amides is 5. The average molecular weight is 572 g/mol. The van der Waals surface area contributed by atoms with Crippen molar-refractivity contribution in [1.82, 2.24) is 26.6 Å². The quantitative estimate of drug-likeness (QED) is 0.285. The van der Waals surface area contributed by atoms with Crippen LogP contribution in [0.4, 0.5) is 4.79 Å². The minimum absolute atomic E-state index is 0.227. The van der Waals surface area contributed by atoms with Gasteiger partial charge in [-0.15, -0.1) is 0 Å². The second-order valence-electron chi connectivity index (χ2n) is 11.1. The molecule has 0 bridgehead atoms. The van der Waals surface area contributed by atoms with Crippen LogP contribution in [0.15, 0.2) is 36.4 Å². The van der Waals surface area contributed by atoms with Gasteiger partial charge < -0.3 is 31.3 Å². The molecule has 41 heavy (non-hydrogen) atoms. The lowest BCUT2D eigenvalue weighted by atomic mass is 10.0. The maximum absolute atomic E-state index is 13.4. The van der Waals surface area contributed by atoms with Crippen LogP contribution in [-0.2, 0) is 30.3 Å². The van der Waals surface area contributed by atoms with E-state index in [0.717, 1.165) is 11.1 Å². The number of nitrogens with one attached hydrogen (secondary N) is 5. The van der Waals surface area contributed by atoms with E-state index in [2.05, 4.69) is 26.6 Å². The zero-order valence-electron chi connectivity index (χ0n) is 24.9. The number of carbonyl (C=O) groups is 5. The highest BCUT2D eigenvalue weighted by molar-refractivity contribution is 5.93. The lowest BCUT2D eigenvalue weighted by Gasteiger charge is -2.27. The summed E-state index contributed by atoms with van der Waals surface area (Å²) in [5.41, 5.74) is 2.08. The van der Waals surface area contributed by atoms with E-state index in [0.29, 0.717) is 32.2 Å². The summed E-state index contributed by atoms with van der Waals surface area (Å²) in [6, 6.07) is 4.02. The normalized spacial score (nSPS) is 20.4. The summed E-state index contributed by atoms with van der Waals surface area (Å²) in [5.74, 6) is -2.24. The van der Waals surface area contributed by atoms with E-state index < -0.39 is 42.1 Å². The molecule has 1 unspecified atom stereocenters. The lowest BCUT2D eigenvalue weighted by Crippen LogP contribution is -2.59. The smallest absolute Gasteiger partial charge is 0.328 e. The van der Waals surface area contributed by atoms with Crippen LogP contribution in [0.5, 0.6) is 0 Å². The van der Waals surface area contributed by atoms with Crippen molar-refractivity contribution in [3.8, 4) is 0 Å². The van der Waals surface area contributed by atoms with Crippen molar-refractivity contribution in [2.24, 2.45) is 11.8 Å². The predicted molar refractivity (Wildman–Crippen MR) is 156 cm³/mol. The van der Waals surface area contributed by atoms with Crippen LogP contribution in [0, 0.1) is 18.8 Å². The summed E-state index contributed by atoms with van der Waals surface area (Å²) in [6.07, 6.45) is 5.11. The highest BCUT2D eigenvalue weighted by Crippen LogP contribution is 2.11. The van der Waals surface area contributed by atoms with Gasteiger partial charge in [-0.2, -0.15) is 0 Å². The second kappa shape index (κ2) is 16.4. The number of hydrogen-bond donors (Lipinski definition) is 5. The molecule has 5 amide bonds. The van der Waals surface area contributed by atoms with Crippen molar-refractivity contribution in [2.45, 2.75) is 84.5 Å². The SMILES string of the molecule is COC(=O)C(NC(=O)N[C@H](C(=O)N[C@H]1CCCCNC(=O)/C=C/[C@H](Cc2cccc(C)c2)NC1=O)C(C)C)C(C)C. The molecule has 1 heterocycles. The van der Waals surface area contributed by atoms with Gasteiger partial charge >= 0.3 is 12.0 Å². The number of aryl methyl sites for hydroxylation is 1. The van der Waals surface area contributed by atoms with Crippen LogP contribution in [0.3, 0.4) is 0 Å². The molecule has 4 atom stereocenters. The van der Waals surface area contributed by atoms with Gasteiger partial charge in [0.25, 0.3) is 0 Å². The van der Waals surface area contributed by atoms with Gasteiger partial charge in [-0.3, -0.25) is 14.4 Å². The number of carbonyl (C=O) groups excluding carboxylic acids is 5. The maximum atomic E-state index is 13.4. The van der Waals surface area contributed by atoms with Crippen molar-refractivity contribution in [1.29, 1.82) is 0 Å². The van der Waals surface area contributed by atoms with Crippen molar-refractivity contribution < 1.29 is 28.7 Å². The molecule has 11 nitrogen and oxygen atoms in total. The van der Waals surface area contributed by atoms with Crippen LogP contribution in [-0.4, -0.2) is 67.5 Å². The first-order valence-corrected chi connectivity index (χ1v) is 14.2. The molecule has 1 aromatic rings. The summed E-state index contributed by atoms with van der Waals surface area (Å²) in [4.78, 5) is 63.8. The monoisotopic (exact) mass is 571 g/mol. The van der Waals surface area contributed by atoms with Gasteiger partial charge in [-0.25, -0.2) is 9.59 Å². The molecule has 0 saturated heterocycles. The Kier molecular flexibility index (Phi) is 13.3. The van der Waals surface area contributed by atoms with Gasteiger partial charge in [0.1, 0.15) is 18.1 Å². The summed E-state index contributed by atoms with van der Waals surface area (Å²) in [5, 5.41) is 13.9. The zero-order valence-corrected chi connectivity index (χ0v) is 24.9. The molecule has 1 aliphatic heterocycles. The predicted octanol–water partition coefficient (Wildman–Crippen LogP) is 1.88. The summed E-state index contributed by atoms with van der Waals surface area (Å²) < 4.78 is 4.77. The van der Waals surface area contributed by atoms with E-state index in [4.69, 9.17) is 4.74 Å². The average Bonchev–Trinajstić information content (AvgIpc) is 2.90. The van der Waals surface area contributed by atoms with Gasteiger partial charge in [-0.05, 0) is 50.0 Å². The minimum Gasteiger partial charge on any atom is -0.467 e. The first-order valence-electron chi connectivity index (χ1n) is 14.2. The number of hydrogen-bond acceptors (Lipinski definition) is 6. The van der Waals surface area contributed by atoms with Crippen LogP contribution in [0.2, 0.25) is 0 Å². The van der Waals surface area contributed by atoms with Crippen molar-refractivity contribution in [3.63, 3.8) is 0 Å². The Balaban J connectivity index is 2.18. The molecule has 5 N–H and O–H groups in total. The second-order valence-corrected chi connectivity index (χ2v) is 11.1. The number of urea groups is 1. The van der Waals surface area contributed by atoms with Crippen LogP contribution in [0.1, 0.15) is 58.1 Å². The number of esters is 1. The molecule has 0 radical (unpaired) electrons. The standard InChI is InChI=1S/C30H45N5O6/c1-18(2)25(34-30(40)35-26(19(3)4)29(39)41-6)28(38)33-23-12-7-8-15-31-24(36)14-13-22(32-27(23)37)17-21-11-9-10-20(5)16-21/h9-11,13-14,16,18-19,22-23,25-26H,7-8,12,15,17H2,1-6H3,(H,31,36)(H,32,37)(H,33,38)(H2,34,35,40)/b14-13+/t22-,23+,25+,26?/m1/s1. The van der Waals surface area contributed by atoms with Crippen molar-refractivity contribution in [3.05, 3.63) is 47.5 Å². The maximum Gasteiger partial charge on any atom is 0.328 e. The van der Waals surface area contributed by atoms with E-state index >= 15 is 0 Å². The van der Waals surface area contributed by atoms with Crippen LogP contribution in [0.25, 0.3) is 0 Å². The largest absolute Gasteiger partial charge is 0.467 e. The van der Waals surface area contributed by atoms with E-state index in [9.17, 15) is 24.0 Å². The highest BCUT2D eigenvalue weighted by atomic mass is 16.5. The Labute approximate surface area is 242 Å². The van der Waals surface area contributed by atoms with E-state index in [1.165, 1.54) is 13.2 Å². The third kappa shape index (κ3) is 11.3. The molecule has 0 aromatic heterocycles. The van der Waals surface area contributed by atoms with Gasteiger partial charge in [0, 0.05) is 12.6 Å². The lowest BCUT2D eigenvalue weighted by molar-refractivity contribution is -0.144. The number of benzene rings is 1. The molecular formula is C30H45N5O6. The Hall–Kier alpha value is -3.89. The van der Waals surface area contributed by atoms with Gasteiger partial charge in [-0.1, -0.05) is 63.6 Å². The molecule has 2 rings (SSSR count). The van der Waals surface area contributed by atoms with Gasteiger partial charge in [0.15, 0.2) is 0 Å². The van der Waals surface area contributed by atoms with Crippen molar-refractivity contribution >= 4 is 29.7 Å². The molecule has 11 heteroatoms. The molecule has 0 spiro atoms. The third-order valence-electron chi connectivity index (χ3n) is 6.84. The fourth-order valence-electron chi connectivity index (χ4n) is 4.51. The first-order chi connectivity index (χ1) is 19.4. The summed E-state index contributed by atoms with van der Waals surface area (Å²) in [7, 11) is 1.24. The highest BCUT2D eigenvalue weighted by Gasteiger charge is 2.31. The fourth-order valence-corrected chi connectivity index (χ4v) is 4.51. The zero-order chi connectivity index (χ0) is 30.5. The first kappa shape index (κ1) is 33.3. The molecule has 0 fully saturated rings. The molecule has 1 aromatic carbocycles. The Bertz CT molecular complexity index is 1100. The summed E-state index contributed by atoms with van der Waals surface area (Å²) in [6.45, 7) is 9.51. The molecular weight excluding hydrogens is 526 g/mol. The Morgan fingerprint density at radius 1 is 1.02 bits per heavy atom. The molecule has 226 valence electrons. The molecule has 1 aliphatic rings. The van der Waals surface area contributed by atoms with Gasteiger partial charge in [0.05, 0.1) is 13.2 Å². The minimum atomic E-state index is -0.961. The van der Waals surface area contributed by atoms with E-state index in [-0.39, 0.29) is 23.7 Å². The van der Waals surface area contributed by atoms with Crippen LogP contribution >= 0.6 is 0 Å². The topological polar surface area (TPSA) is 155 Å². The number of rotatable bonds is 9. The van der Waals surface area contributed by atoms with Gasteiger partial charge in [0.2, 0.25) is 17.7 Å². The summed E-state index contributed by atoms with van der Waals surface area (Å²) >= 11 is 0. The van der Waals surface area contributed by atoms with E-state index in [1.54, 1.807) is 33.8 Å². The van der Waals surface area contributed by atoms with Crippen LogP contribution < -0.4 is 26.6 Å². The molecule has 0 saturated carbocycles. The Morgan fingerprint density at radius 3 is 2.34 bits per heavy atom. The fraction of sp³-hybridized carbons (Fsp3) is 0.567. The van der Waals surface area contributed by atoms with Crippen molar-refractivity contribution in [2.75, 3.05) is 13.7 Å². The third-order valence-corrected chi connectivity index (χ3v) is 6.84. The Morgan fingerprint density at radius 2 is 1.71 bits per heavy atom.